The highest BCUT2D eigenvalue weighted by atomic mass is 19.1. The number of carbonyl (C=O) groups is 1. The molecule has 1 aromatic rings. The van der Waals surface area contributed by atoms with E-state index in [-0.39, 0.29) is 18.3 Å². The summed E-state index contributed by atoms with van der Waals surface area (Å²) in [5, 5.41) is 9.26. The van der Waals surface area contributed by atoms with E-state index in [0.29, 0.717) is 25.1 Å². The zero-order valence-corrected chi connectivity index (χ0v) is 10.3. The van der Waals surface area contributed by atoms with Crippen LogP contribution in [0.1, 0.15) is 18.9 Å². The van der Waals surface area contributed by atoms with E-state index < -0.39 is 5.41 Å². The van der Waals surface area contributed by atoms with Crippen LogP contribution in [0, 0.1) is 11.2 Å². The molecule has 0 radical (unpaired) electrons. The van der Waals surface area contributed by atoms with Crippen LogP contribution < -0.4 is 10.6 Å². The number of hydrogen-bond acceptors (Lipinski definition) is 3. The van der Waals surface area contributed by atoms with Crippen molar-refractivity contribution < 1.29 is 14.3 Å². The number of primary amides is 1. The molecular weight excluding hydrogens is 235 g/mol. The van der Waals surface area contributed by atoms with Crippen molar-refractivity contribution in [3.8, 4) is 0 Å². The zero-order chi connectivity index (χ0) is 13.3. The first-order chi connectivity index (χ1) is 8.46. The normalized spacial score (nSPS) is 23.4. The molecule has 1 amide bonds. The molecule has 1 unspecified atom stereocenters. The molecule has 98 valence electrons. The second-order valence-electron chi connectivity index (χ2n) is 5.03. The first kappa shape index (κ1) is 12.8. The van der Waals surface area contributed by atoms with Gasteiger partial charge in [-0.3, -0.25) is 4.79 Å². The van der Waals surface area contributed by atoms with Gasteiger partial charge in [0.05, 0.1) is 12.0 Å². The number of aliphatic hydroxyl groups is 1. The molecule has 0 bridgehead atoms. The second kappa shape index (κ2) is 4.57. The molecule has 0 aromatic heterocycles. The van der Waals surface area contributed by atoms with Gasteiger partial charge in [0.25, 0.3) is 0 Å². The quantitative estimate of drug-likeness (QED) is 0.844. The van der Waals surface area contributed by atoms with E-state index in [1.165, 1.54) is 12.1 Å². The first-order valence-electron chi connectivity index (χ1n) is 5.90. The number of nitrogens with zero attached hydrogens (tertiary/aromatic N) is 1. The standard InChI is InChI=1S/C13H17FN2O2/c1-13(12(15)18)4-5-16(8-13)11-3-2-10(14)6-9(11)7-17/h2-3,6,17H,4-5,7-8H2,1H3,(H2,15,18). The maximum absolute atomic E-state index is 13.1. The maximum Gasteiger partial charge on any atom is 0.225 e. The largest absolute Gasteiger partial charge is 0.392 e. The third-order valence-electron chi connectivity index (χ3n) is 3.62. The lowest BCUT2D eigenvalue weighted by atomic mass is 9.89. The summed E-state index contributed by atoms with van der Waals surface area (Å²) >= 11 is 0. The van der Waals surface area contributed by atoms with Gasteiger partial charge in [0.1, 0.15) is 5.82 Å². The van der Waals surface area contributed by atoms with Crippen molar-refractivity contribution in [1.29, 1.82) is 0 Å². The van der Waals surface area contributed by atoms with Crippen LogP contribution in [0.25, 0.3) is 0 Å². The minimum absolute atomic E-state index is 0.225. The van der Waals surface area contributed by atoms with Crippen LogP contribution in [0.5, 0.6) is 0 Å². The topological polar surface area (TPSA) is 66.6 Å². The summed E-state index contributed by atoms with van der Waals surface area (Å²) in [5.41, 5.74) is 6.14. The molecule has 3 N–H and O–H groups in total. The van der Waals surface area contributed by atoms with E-state index in [9.17, 15) is 14.3 Å². The molecule has 2 rings (SSSR count). The van der Waals surface area contributed by atoms with Gasteiger partial charge in [-0.2, -0.15) is 0 Å². The summed E-state index contributed by atoms with van der Waals surface area (Å²) in [6.45, 7) is 2.79. The van der Waals surface area contributed by atoms with E-state index in [4.69, 9.17) is 5.73 Å². The van der Waals surface area contributed by atoms with Gasteiger partial charge in [0, 0.05) is 24.3 Å². The predicted octanol–water partition coefficient (Wildman–Crippen LogP) is 1.02. The van der Waals surface area contributed by atoms with Crippen LogP contribution >= 0.6 is 0 Å². The van der Waals surface area contributed by atoms with Gasteiger partial charge in [0.2, 0.25) is 5.91 Å². The van der Waals surface area contributed by atoms with E-state index in [0.717, 1.165) is 5.69 Å². The highest BCUT2D eigenvalue weighted by Gasteiger charge is 2.39. The van der Waals surface area contributed by atoms with Gasteiger partial charge in [-0.05, 0) is 31.5 Å². The average molecular weight is 252 g/mol. The van der Waals surface area contributed by atoms with Crippen LogP contribution in [0.2, 0.25) is 0 Å². The number of anilines is 1. The Bertz CT molecular complexity index is 478. The molecule has 1 heterocycles. The molecule has 1 saturated heterocycles. The second-order valence-corrected chi connectivity index (χ2v) is 5.03. The Labute approximate surface area is 105 Å². The highest BCUT2D eigenvalue weighted by molar-refractivity contribution is 5.82. The molecule has 1 aliphatic rings. The van der Waals surface area contributed by atoms with Crippen LogP contribution in [0.3, 0.4) is 0 Å². The van der Waals surface area contributed by atoms with Gasteiger partial charge >= 0.3 is 0 Å². The van der Waals surface area contributed by atoms with Crippen LogP contribution in [-0.2, 0) is 11.4 Å². The average Bonchev–Trinajstić information content (AvgIpc) is 2.73. The number of benzene rings is 1. The number of carbonyl (C=O) groups excluding carboxylic acids is 1. The summed E-state index contributed by atoms with van der Waals surface area (Å²) < 4.78 is 13.1. The van der Waals surface area contributed by atoms with Crippen LogP contribution in [0.15, 0.2) is 18.2 Å². The fraction of sp³-hybridized carbons (Fsp3) is 0.462. The smallest absolute Gasteiger partial charge is 0.225 e. The third kappa shape index (κ3) is 2.18. The Morgan fingerprint density at radius 2 is 2.33 bits per heavy atom. The summed E-state index contributed by atoms with van der Waals surface area (Å²) in [6, 6.07) is 4.30. The summed E-state index contributed by atoms with van der Waals surface area (Å²) in [6.07, 6.45) is 0.671. The number of halogens is 1. The van der Waals surface area contributed by atoms with Gasteiger partial charge < -0.3 is 15.7 Å². The molecule has 0 saturated carbocycles. The number of hydrogen-bond donors (Lipinski definition) is 2. The van der Waals surface area contributed by atoms with Crippen molar-refractivity contribution in [2.75, 3.05) is 18.0 Å². The number of nitrogens with two attached hydrogens (primary N) is 1. The summed E-state index contributed by atoms with van der Waals surface area (Å²) in [5.74, 6) is -0.697. The van der Waals surface area contributed by atoms with E-state index >= 15 is 0 Å². The number of aliphatic hydroxyl groups excluding tert-OH is 1. The molecule has 1 fully saturated rings. The highest BCUT2D eigenvalue weighted by Crippen LogP contribution is 2.34. The monoisotopic (exact) mass is 252 g/mol. The Hall–Kier alpha value is -1.62. The van der Waals surface area contributed by atoms with Crippen molar-refractivity contribution in [2.45, 2.75) is 20.0 Å². The number of rotatable bonds is 3. The molecule has 1 aromatic carbocycles. The minimum atomic E-state index is -0.554. The van der Waals surface area contributed by atoms with Crippen molar-refractivity contribution >= 4 is 11.6 Å². The lowest BCUT2D eigenvalue weighted by Crippen LogP contribution is -2.37. The van der Waals surface area contributed by atoms with Gasteiger partial charge in [-0.25, -0.2) is 4.39 Å². The maximum atomic E-state index is 13.1. The Kier molecular flexibility index (Phi) is 3.26. The third-order valence-corrected chi connectivity index (χ3v) is 3.62. The Morgan fingerprint density at radius 3 is 2.89 bits per heavy atom. The molecule has 18 heavy (non-hydrogen) atoms. The lowest BCUT2D eigenvalue weighted by molar-refractivity contribution is -0.125. The van der Waals surface area contributed by atoms with Crippen molar-refractivity contribution in [2.24, 2.45) is 11.1 Å². The van der Waals surface area contributed by atoms with Gasteiger partial charge in [-0.1, -0.05) is 0 Å². The minimum Gasteiger partial charge on any atom is -0.392 e. The van der Waals surface area contributed by atoms with Gasteiger partial charge in [-0.15, -0.1) is 0 Å². The summed E-state index contributed by atoms with van der Waals surface area (Å²) in [7, 11) is 0. The van der Waals surface area contributed by atoms with Crippen molar-refractivity contribution in [3.05, 3.63) is 29.6 Å². The van der Waals surface area contributed by atoms with E-state index in [1.807, 2.05) is 11.8 Å². The number of amides is 1. The van der Waals surface area contributed by atoms with Crippen LogP contribution in [-0.4, -0.2) is 24.1 Å². The summed E-state index contributed by atoms with van der Waals surface area (Å²) in [4.78, 5) is 13.4. The Morgan fingerprint density at radius 1 is 1.61 bits per heavy atom. The molecular formula is C13H17FN2O2. The molecule has 4 nitrogen and oxygen atoms in total. The van der Waals surface area contributed by atoms with E-state index in [2.05, 4.69) is 0 Å². The molecule has 0 spiro atoms. The fourth-order valence-electron chi connectivity index (χ4n) is 2.36. The van der Waals surface area contributed by atoms with E-state index in [1.54, 1.807) is 6.07 Å². The zero-order valence-electron chi connectivity index (χ0n) is 10.3. The van der Waals surface area contributed by atoms with Crippen molar-refractivity contribution in [1.82, 2.24) is 0 Å². The van der Waals surface area contributed by atoms with Crippen LogP contribution in [0.4, 0.5) is 10.1 Å². The molecule has 5 heteroatoms. The first-order valence-corrected chi connectivity index (χ1v) is 5.90. The fourth-order valence-corrected chi connectivity index (χ4v) is 2.36. The molecule has 0 aliphatic carbocycles. The van der Waals surface area contributed by atoms with Crippen molar-refractivity contribution in [3.63, 3.8) is 0 Å². The predicted molar refractivity (Wildman–Crippen MR) is 66.5 cm³/mol. The Balaban J connectivity index is 2.27. The lowest BCUT2D eigenvalue weighted by Gasteiger charge is -2.24. The SMILES string of the molecule is CC1(C(N)=O)CCN(c2ccc(F)cc2CO)C1. The molecule has 1 aliphatic heterocycles. The molecule has 1 atom stereocenters. The van der Waals surface area contributed by atoms with Gasteiger partial charge in [0.15, 0.2) is 0 Å².